The van der Waals surface area contributed by atoms with Crippen molar-refractivity contribution in [2.24, 2.45) is 5.92 Å². The Morgan fingerprint density at radius 3 is 3.11 bits per heavy atom. The van der Waals surface area contributed by atoms with Gasteiger partial charge in [0, 0.05) is 24.8 Å². The fourth-order valence-corrected chi connectivity index (χ4v) is 3.73. The summed E-state index contributed by atoms with van der Waals surface area (Å²) in [4.78, 5) is 2.36. The van der Waals surface area contributed by atoms with Gasteiger partial charge in [0.25, 0.3) is 0 Å². The molecule has 1 saturated carbocycles. The van der Waals surface area contributed by atoms with Crippen LogP contribution in [0.4, 0.5) is 10.1 Å². The van der Waals surface area contributed by atoms with E-state index in [4.69, 9.17) is 0 Å². The molecule has 19 heavy (non-hydrogen) atoms. The Morgan fingerprint density at radius 1 is 1.37 bits per heavy atom. The standard InChI is InChI=1S/C16H23FN2/c1-18-15-4-2-3-12(15)7-9-19-10-8-13-5-6-14(17)11-16(13)19/h5-6,11-12,15,18H,2-4,7-10H2,1H3. The Kier molecular flexibility index (Phi) is 3.74. The summed E-state index contributed by atoms with van der Waals surface area (Å²) in [6.07, 6.45) is 6.29. The topological polar surface area (TPSA) is 15.3 Å². The Bertz CT molecular complexity index is 446. The first kappa shape index (κ1) is 12.9. The number of nitrogens with one attached hydrogen (secondary N) is 1. The van der Waals surface area contributed by atoms with Gasteiger partial charge in [0.15, 0.2) is 0 Å². The van der Waals surface area contributed by atoms with Crippen molar-refractivity contribution in [3.8, 4) is 0 Å². The number of fused-ring (bicyclic) bond motifs is 1. The minimum atomic E-state index is -0.111. The second-order valence-corrected chi connectivity index (χ2v) is 5.88. The van der Waals surface area contributed by atoms with E-state index in [1.54, 1.807) is 12.1 Å². The molecular weight excluding hydrogens is 239 g/mol. The number of hydrogen-bond donors (Lipinski definition) is 1. The Morgan fingerprint density at radius 2 is 2.26 bits per heavy atom. The van der Waals surface area contributed by atoms with E-state index in [1.165, 1.54) is 31.2 Å². The first-order chi connectivity index (χ1) is 9.28. The van der Waals surface area contributed by atoms with Gasteiger partial charge in [-0.3, -0.25) is 0 Å². The van der Waals surface area contributed by atoms with E-state index in [2.05, 4.69) is 17.3 Å². The fourth-order valence-electron chi connectivity index (χ4n) is 3.73. The summed E-state index contributed by atoms with van der Waals surface area (Å²) in [5.74, 6) is 0.683. The van der Waals surface area contributed by atoms with Crippen molar-refractivity contribution in [1.82, 2.24) is 5.32 Å². The van der Waals surface area contributed by atoms with E-state index in [9.17, 15) is 4.39 Å². The van der Waals surface area contributed by atoms with E-state index in [0.29, 0.717) is 6.04 Å². The van der Waals surface area contributed by atoms with Gasteiger partial charge in [-0.15, -0.1) is 0 Å². The first-order valence-electron chi connectivity index (χ1n) is 7.48. The average molecular weight is 262 g/mol. The summed E-state index contributed by atoms with van der Waals surface area (Å²) in [7, 11) is 2.07. The zero-order valence-corrected chi connectivity index (χ0v) is 11.7. The molecule has 1 aromatic rings. The smallest absolute Gasteiger partial charge is 0.125 e. The molecule has 3 rings (SSSR count). The van der Waals surface area contributed by atoms with Gasteiger partial charge >= 0.3 is 0 Å². The average Bonchev–Trinajstić information content (AvgIpc) is 3.02. The molecule has 0 saturated heterocycles. The summed E-state index contributed by atoms with van der Waals surface area (Å²) >= 11 is 0. The molecule has 1 heterocycles. The molecule has 1 aliphatic heterocycles. The van der Waals surface area contributed by atoms with Crippen LogP contribution in [0.15, 0.2) is 18.2 Å². The summed E-state index contributed by atoms with van der Waals surface area (Å²) < 4.78 is 13.4. The number of rotatable bonds is 4. The number of nitrogens with zero attached hydrogens (tertiary/aromatic N) is 1. The van der Waals surface area contributed by atoms with Crippen molar-refractivity contribution in [2.45, 2.75) is 38.1 Å². The lowest BCUT2D eigenvalue weighted by Crippen LogP contribution is -2.32. The van der Waals surface area contributed by atoms with Gasteiger partial charge < -0.3 is 10.2 Å². The second kappa shape index (κ2) is 5.49. The molecule has 2 aliphatic rings. The van der Waals surface area contributed by atoms with Crippen LogP contribution in [-0.2, 0) is 6.42 Å². The third kappa shape index (κ3) is 2.62. The van der Waals surface area contributed by atoms with Gasteiger partial charge in [0.1, 0.15) is 5.82 Å². The predicted molar refractivity (Wildman–Crippen MR) is 77.1 cm³/mol. The maximum atomic E-state index is 13.4. The number of halogens is 1. The molecular formula is C16H23FN2. The normalized spacial score (nSPS) is 25.9. The molecule has 2 nitrogen and oxygen atoms in total. The molecule has 1 aliphatic carbocycles. The van der Waals surface area contributed by atoms with E-state index in [-0.39, 0.29) is 5.82 Å². The molecule has 2 unspecified atom stereocenters. The van der Waals surface area contributed by atoms with Crippen LogP contribution < -0.4 is 10.2 Å². The van der Waals surface area contributed by atoms with Crippen molar-refractivity contribution in [3.63, 3.8) is 0 Å². The minimum Gasteiger partial charge on any atom is -0.371 e. The zero-order valence-electron chi connectivity index (χ0n) is 11.7. The van der Waals surface area contributed by atoms with Crippen LogP contribution >= 0.6 is 0 Å². The number of benzene rings is 1. The third-order valence-corrected chi connectivity index (χ3v) is 4.84. The van der Waals surface area contributed by atoms with Crippen molar-refractivity contribution in [2.75, 3.05) is 25.0 Å². The van der Waals surface area contributed by atoms with Crippen molar-refractivity contribution in [3.05, 3.63) is 29.6 Å². The van der Waals surface area contributed by atoms with Crippen LogP contribution in [0.5, 0.6) is 0 Å². The number of anilines is 1. The van der Waals surface area contributed by atoms with Crippen LogP contribution in [-0.4, -0.2) is 26.2 Å². The molecule has 0 aromatic heterocycles. The van der Waals surface area contributed by atoms with E-state index < -0.39 is 0 Å². The largest absolute Gasteiger partial charge is 0.371 e. The Hall–Kier alpha value is -1.09. The fraction of sp³-hybridized carbons (Fsp3) is 0.625. The molecule has 0 radical (unpaired) electrons. The van der Waals surface area contributed by atoms with Crippen LogP contribution in [0.1, 0.15) is 31.2 Å². The second-order valence-electron chi connectivity index (χ2n) is 5.88. The van der Waals surface area contributed by atoms with E-state index >= 15 is 0 Å². The van der Waals surface area contributed by atoms with Gasteiger partial charge in [0.2, 0.25) is 0 Å². The summed E-state index contributed by atoms with van der Waals surface area (Å²) in [6.45, 7) is 2.12. The highest BCUT2D eigenvalue weighted by atomic mass is 19.1. The maximum absolute atomic E-state index is 13.4. The van der Waals surface area contributed by atoms with Gasteiger partial charge in [0.05, 0.1) is 0 Å². The molecule has 3 heteroatoms. The van der Waals surface area contributed by atoms with Gasteiger partial charge in [-0.05, 0) is 56.3 Å². The quantitative estimate of drug-likeness (QED) is 0.897. The highest BCUT2D eigenvalue weighted by molar-refractivity contribution is 5.58. The highest BCUT2D eigenvalue weighted by Crippen LogP contribution is 2.32. The minimum absolute atomic E-state index is 0.111. The molecule has 0 amide bonds. The molecule has 104 valence electrons. The van der Waals surface area contributed by atoms with Crippen LogP contribution in [0.2, 0.25) is 0 Å². The van der Waals surface area contributed by atoms with E-state index in [0.717, 1.165) is 31.1 Å². The predicted octanol–water partition coefficient (Wildman–Crippen LogP) is 2.97. The number of hydrogen-bond acceptors (Lipinski definition) is 2. The van der Waals surface area contributed by atoms with Crippen LogP contribution in [0.25, 0.3) is 0 Å². The molecule has 2 atom stereocenters. The third-order valence-electron chi connectivity index (χ3n) is 4.84. The SMILES string of the molecule is CNC1CCCC1CCN1CCc2ccc(F)cc21. The lowest BCUT2D eigenvalue weighted by molar-refractivity contribution is 0.401. The monoisotopic (exact) mass is 262 g/mol. The van der Waals surface area contributed by atoms with E-state index in [1.807, 2.05) is 6.07 Å². The Balaban J connectivity index is 1.62. The first-order valence-corrected chi connectivity index (χ1v) is 7.48. The lowest BCUT2D eigenvalue weighted by atomic mass is 9.99. The van der Waals surface area contributed by atoms with Crippen molar-refractivity contribution in [1.29, 1.82) is 0 Å². The van der Waals surface area contributed by atoms with Crippen LogP contribution in [0.3, 0.4) is 0 Å². The van der Waals surface area contributed by atoms with Gasteiger partial charge in [-0.2, -0.15) is 0 Å². The highest BCUT2D eigenvalue weighted by Gasteiger charge is 2.27. The van der Waals surface area contributed by atoms with Crippen molar-refractivity contribution >= 4 is 5.69 Å². The molecule has 1 aromatic carbocycles. The van der Waals surface area contributed by atoms with Gasteiger partial charge in [-0.25, -0.2) is 4.39 Å². The van der Waals surface area contributed by atoms with Crippen molar-refractivity contribution < 1.29 is 4.39 Å². The summed E-state index contributed by atoms with van der Waals surface area (Å²) in [6, 6.07) is 5.91. The maximum Gasteiger partial charge on any atom is 0.125 e. The molecule has 1 N–H and O–H groups in total. The lowest BCUT2D eigenvalue weighted by Gasteiger charge is -2.24. The van der Waals surface area contributed by atoms with Crippen LogP contribution in [0, 0.1) is 11.7 Å². The van der Waals surface area contributed by atoms with Gasteiger partial charge in [-0.1, -0.05) is 12.5 Å². The Labute approximate surface area is 115 Å². The zero-order chi connectivity index (χ0) is 13.2. The molecule has 1 fully saturated rings. The summed E-state index contributed by atoms with van der Waals surface area (Å²) in [5, 5.41) is 3.44. The molecule has 0 bridgehead atoms. The summed E-state index contributed by atoms with van der Waals surface area (Å²) in [5.41, 5.74) is 2.43. The molecule has 0 spiro atoms.